The third-order valence-electron chi connectivity index (χ3n) is 3.65. The highest BCUT2D eigenvalue weighted by atomic mass is 16.3. The minimum absolute atomic E-state index is 0.0281. The summed E-state index contributed by atoms with van der Waals surface area (Å²) in [6.45, 7) is 7.24. The normalized spacial score (nSPS) is 14.0. The van der Waals surface area contributed by atoms with Gasteiger partial charge in [-0.05, 0) is 25.8 Å². The van der Waals surface area contributed by atoms with Crippen LogP contribution < -0.4 is 5.32 Å². The average Bonchev–Trinajstić information content (AvgIpc) is 2.47. The van der Waals surface area contributed by atoms with Crippen molar-refractivity contribution in [1.82, 2.24) is 10.2 Å². The summed E-state index contributed by atoms with van der Waals surface area (Å²) in [5.74, 6) is 0.0281. The van der Waals surface area contributed by atoms with Gasteiger partial charge in [-0.15, -0.1) is 0 Å². The molecule has 1 rings (SSSR count). The Labute approximate surface area is 128 Å². The maximum absolute atomic E-state index is 12.3. The number of rotatable bonds is 9. The summed E-state index contributed by atoms with van der Waals surface area (Å²) in [5.41, 5.74) is 1.15. The molecule has 1 amide bonds. The molecular formula is C17H28N2O2. The number of amides is 1. The lowest BCUT2D eigenvalue weighted by Crippen LogP contribution is -2.48. The molecule has 0 radical (unpaired) electrons. The fourth-order valence-corrected chi connectivity index (χ4v) is 2.39. The van der Waals surface area contributed by atoms with Gasteiger partial charge in [0.05, 0.1) is 12.6 Å². The third kappa shape index (κ3) is 6.27. The van der Waals surface area contributed by atoms with Gasteiger partial charge in [0.1, 0.15) is 0 Å². The maximum atomic E-state index is 12.3. The Bertz CT molecular complexity index is 409. The van der Waals surface area contributed by atoms with Crippen LogP contribution in [-0.2, 0) is 11.3 Å². The predicted molar refractivity (Wildman–Crippen MR) is 85.9 cm³/mol. The molecule has 0 aromatic heterocycles. The van der Waals surface area contributed by atoms with Crippen LogP contribution in [0.2, 0.25) is 0 Å². The number of aliphatic hydroxyl groups excluding tert-OH is 1. The van der Waals surface area contributed by atoms with Crippen LogP contribution in [0.25, 0.3) is 0 Å². The number of nitrogens with zero attached hydrogens (tertiary/aromatic N) is 1. The van der Waals surface area contributed by atoms with Gasteiger partial charge in [0.15, 0.2) is 0 Å². The Balaban J connectivity index is 2.63. The van der Waals surface area contributed by atoms with Gasteiger partial charge in [-0.3, -0.25) is 9.69 Å². The van der Waals surface area contributed by atoms with E-state index in [1.165, 1.54) is 0 Å². The first-order valence-corrected chi connectivity index (χ1v) is 7.77. The number of hydrogen-bond acceptors (Lipinski definition) is 3. The number of benzene rings is 1. The molecule has 21 heavy (non-hydrogen) atoms. The standard InChI is InChI=1S/C17H28N2O2/c1-4-8-14(2)18-17(21)15(3)19(11-12-20)13-16-9-6-5-7-10-16/h5-7,9-10,14-15,20H,4,8,11-13H2,1-3H3,(H,18,21). The summed E-state index contributed by atoms with van der Waals surface area (Å²) < 4.78 is 0. The molecular weight excluding hydrogens is 264 g/mol. The Morgan fingerprint density at radius 3 is 2.52 bits per heavy atom. The summed E-state index contributed by atoms with van der Waals surface area (Å²) in [6.07, 6.45) is 2.04. The molecule has 0 saturated heterocycles. The summed E-state index contributed by atoms with van der Waals surface area (Å²) in [5, 5.41) is 12.3. The van der Waals surface area contributed by atoms with Crippen molar-refractivity contribution in [2.75, 3.05) is 13.2 Å². The molecule has 1 aromatic carbocycles. The van der Waals surface area contributed by atoms with Crippen molar-refractivity contribution in [2.45, 2.75) is 52.2 Å². The highest BCUT2D eigenvalue weighted by Gasteiger charge is 2.22. The molecule has 0 bridgehead atoms. The molecule has 2 N–H and O–H groups in total. The van der Waals surface area contributed by atoms with Crippen LogP contribution in [-0.4, -0.2) is 41.1 Å². The first kappa shape index (κ1) is 17.7. The van der Waals surface area contributed by atoms with Crippen molar-refractivity contribution in [3.63, 3.8) is 0 Å². The van der Waals surface area contributed by atoms with Crippen molar-refractivity contribution in [1.29, 1.82) is 0 Å². The number of nitrogens with one attached hydrogen (secondary N) is 1. The Morgan fingerprint density at radius 1 is 1.29 bits per heavy atom. The largest absolute Gasteiger partial charge is 0.395 e. The zero-order chi connectivity index (χ0) is 15.7. The molecule has 2 unspecified atom stereocenters. The molecule has 2 atom stereocenters. The van der Waals surface area contributed by atoms with Gasteiger partial charge in [0.25, 0.3) is 0 Å². The predicted octanol–water partition coefficient (Wildman–Crippen LogP) is 2.17. The first-order chi connectivity index (χ1) is 10.1. The Hall–Kier alpha value is -1.39. The van der Waals surface area contributed by atoms with E-state index >= 15 is 0 Å². The van der Waals surface area contributed by atoms with E-state index in [1.54, 1.807) is 0 Å². The molecule has 0 fully saturated rings. The number of aliphatic hydroxyl groups is 1. The van der Waals surface area contributed by atoms with Gasteiger partial charge in [-0.25, -0.2) is 0 Å². The van der Waals surface area contributed by atoms with E-state index in [0.717, 1.165) is 18.4 Å². The van der Waals surface area contributed by atoms with Crippen molar-refractivity contribution in [3.05, 3.63) is 35.9 Å². The van der Waals surface area contributed by atoms with Gasteiger partial charge < -0.3 is 10.4 Å². The van der Waals surface area contributed by atoms with E-state index < -0.39 is 0 Å². The molecule has 0 aliphatic heterocycles. The molecule has 0 aliphatic rings. The lowest BCUT2D eigenvalue weighted by Gasteiger charge is -2.28. The van der Waals surface area contributed by atoms with Gasteiger partial charge in [-0.2, -0.15) is 0 Å². The van der Waals surface area contributed by atoms with E-state index in [4.69, 9.17) is 0 Å². The summed E-state index contributed by atoms with van der Waals surface area (Å²) in [6, 6.07) is 9.96. The smallest absolute Gasteiger partial charge is 0.237 e. The third-order valence-corrected chi connectivity index (χ3v) is 3.65. The zero-order valence-corrected chi connectivity index (χ0v) is 13.4. The van der Waals surface area contributed by atoms with Crippen LogP contribution in [0, 0.1) is 0 Å². The van der Waals surface area contributed by atoms with E-state index in [-0.39, 0.29) is 24.6 Å². The van der Waals surface area contributed by atoms with Crippen molar-refractivity contribution < 1.29 is 9.90 Å². The van der Waals surface area contributed by atoms with E-state index in [2.05, 4.69) is 12.2 Å². The molecule has 0 spiro atoms. The van der Waals surface area contributed by atoms with Crippen LogP contribution in [0.3, 0.4) is 0 Å². The second-order valence-electron chi connectivity index (χ2n) is 5.55. The average molecular weight is 292 g/mol. The van der Waals surface area contributed by atoms with Crippen molar-refractivity contribution >= 4 is 5.91 Å². The van der Waals surface area contributed by atoms with Crippen LogP contribution >= 0.6 is 0 Å². The summed E-state index contributed by atoms with van der Waals surface area (Å²) in [4.78, 5) is 14.3. The lowest BCUT2D eigenvalue weighted by molar-refractivity contribution is -0.126. The van der Waals surface area contributed by atoms with Crippen LogP contribution in [0.1, 0.15) is 39.2 Å². The van der Waals surface area contributed by atoms with Gasteiger partial charge in [0.2, 0.25) is 5.91 Å². The fourth-order valence-electron chi connectivity index (χ4n) is 2.39. The van der Waals surface area contributed by atoms with Gasteiger partial charge in [0, 0.05) is 19.1 Å². The molecule has 1 aromatic rings. The lowest BCUT2D eigenvalue weighted by atomic mass is 10.1. The molecule has 0 heterocycles. The fraction of sp³-hybridized carbons (Fsp3) is 0.588. The quantitative estimate of drug-likeness (QED) is 0.733. The minimum atomic E-state index is -0.253. The topological polar surface area (TPSA) is 52.6 Å². The summed E-state index contributed by atoms with van der Waals surface area (Å²) >= 11 is 0. The van der Waals surface area contributed by atoms with Crippen LogP contribution in [0.4, 0.5) is 0 Å². The number of carbonyl (C=O) groups excluding carboxylic acids is 1. The van der Waals surface area contributed by atoms with Crippen molar-refractivity contribution in [3.8, 4) is 0 Å². The highest BCUT2D eigenvalue weighted by molar-refractivity contribution is 5.81. The summed E-state index contributed by atoms with van der Waals surface area (Å²) in [7, 11) is 0. The van der Waals surface area contributed by atoms with Gasteiger partial charge in [-0.1, -0.05) is 43.7 Å². The minimum Gasteiger partial charge on any atom is -0.395 e. The molecule has 118 valence electrons. The number of hydrogen-bond donors (Lipinski definition) is 2. The molecule has 4 nitrogen and oxygen atoms in total. The zero-order valence-electron chi connectivity index (χ0n) is 13.4. The molecule has 4 heteroatoms. The van der Waals surface area contributed by atoms with E-state index in [0.29, 0.717) is 13.1 Å². The second kappa shape index (κ2) is 9.53. The molecule has 0 aliphatic carbocycles. The Morgan fingerprint density at radius 2 is 1.95 bits per heavy atom. The van der Waals surface area contributed by atoms with Gasteiger partial charge >= 0.3 is 0 Å². The first-order valence-electron chi connectivity index (χ1n) is 7.77. The van der Waals surface area contributed by atoms with E-state index in [1.807, 2.05) is 49.1 Å². The maximum Gasteiger partial charge on any atom is 0.237 e. The second-order valence-corrected chi connectivity index (χ2v) is 5.55. The van der Waals surface area contributed by atoms with E-state index in [9.17, 15) is 9.90 Å². The highest BCUT2D eigenvalue weighted by Crippen LogP contribution is 2.09. The monoisotopic (exact) mass is 292 g/mol. The van der Waals surface area contributed by atoms with Crippen LogP contribution in [0.15, 0.2) is 30.3 Å². The SMILES string of the molecule is CCCC(C)NC(=O)C(C)N(CCO)Cc1ccccc1. The van der Waals surface area contributed by atoms with Crippen molar-refractivity contribution in [2.24, 2.45) is 0 Å². The van der Waals surface area contributed by atoms with Crippen LogP contribution in [0.5, 0.6) is 0 Å². The molecule has 0 saturated carbocycles. The number of carbonyl (C=O) groups is 1. The Kier molecular flexibility index (Phi) is 8.01.